The molecule has 0 fully saturated rings. The number of nitrogens with zero attached hydrogens (tertiary/aromatic N) is 2. The standard InChI is InChI=1S/C18H13BrN2O6/c19-12-6-4-11(5-7-12)10-27-15(22)8-9-20-17(23)13-2-1-3-14(21(25)26)16(13)18(20)24/h1-7H,8-10H2. The molecular formula is C18H13BrN2O6. The van der Waals surface area contributed by atoms with Crippen LogP contribution >= 0.6 is 15.9 Å². The van der Waals surface area contributed by atoms with E-state index in [2.05, 4.69) is 15.9 Å². The molecule has 0 spiro atoms. The molecule has 0 radical (unpaired) electrons. The maximum Gasteiger partial charge on any atom is 0.307 e. The van der Waals surface area contributed by atoms with Gasteiger partial charge in [-0.25, -0.2) is 0 Å². The third-order valence-electron chi connectivity index (χ3n) is 4.03. The number of benzene rings is 2. The SMILES string of the molecule is O=C(CCN1C(=O)c2cccc([N+](=O)[O-])c2C1=O)OCc1ccc(Br)cc1. The highest BCUT2D eigenvalue weighted by atomic mass is 79.9. The summed E-state index contributed by atoms with van der Waals surface area (Å²) >= 11 is 3.31. The third kappa shape index (κ3) is 3.87. The first kappa shape index (κ1) is 18.7. The Balaban J connectivity index is 1.61. The maximum absolute atomic E-state index is 12.4. The number of ether oxygens (including phenoxy) is 1. The number of hydrogen-bond donors (Lipinski definition) is 0. The number of hydrogen-bond acceptors (Lipinski definition) is 6. The van der Waals surface area contributed by atoms with E-state index >= 15 is 0 Å². The first-order valence-electron chi connectivity index (χ1n) is 7.92. The third-order valence-corrected chi connectivity index (χ3v) is 4.56. The Morgan fingerprint density at radius 3 is 2.48 bits per heavy atom. The number of amides is 2. The molecule has 8 nitrogen and oxygen atoms in total. The average molecular weight is 433 g/mol. The lowest BCUT2D eigenvalue weighted by atomic mass is 10.1. The Morgan fingerprint density at radius 2 is 1.81 bits per heavy atom. The number of fused-ring (bicyclic) bond motifs is 1. The van der Waals surface area contributed by atoms with E-state index in [1.54, 1.807) is 12.1 Å². The zero-order valence-electron chi connectivity index (χ0n) is 13.9. The molecule has 0 N–H and O–H groups in total. The molecule has 0 bridgehead atoms. The van der Waals surface area contributed by atoms with Gasteiger partial charge in [-0.15, -0.1) is 0 Å². The summed E-state index contributed by atoms with van der Waals surface area (Å²) in [5.41, 5.74) is 0.0993. The van der Waals surface area contributed by atoms with E-state index < -0.39 is 28.4 Å². The molecule has 0 aromatic heterocycles. The van der Waals surface area contributed by atoms with Crippen LogP contribution in [-0.2, 0) is 16.1 Å². The van der Waals surface area contributed by atoms with Gasteiger partial charge < -0.3 is 4.74 Å². The Hall–Kier alpha value is -3.07. The molecule has 0 unspecified atom stereocenters. The van der Waals surface area contributed by atoms with Gasteiger partial charge in [0.25, 0.3) is 17.5 Å². The van der Waals surface area contributed by atoms with Crippen LogP contribution in [0.2, 0.25) is 0 Å². The van der Waals surface area contributed by atoms with Crippen molar-refractivity contribution in [1.29, 1.82) is 0 Å². The molecule has 2 aromatic rings. The molecule has 138 valence electrons. The molecule has 0 aliphatic carbocycles. The van der Waals surface area contributed by atoms with Gasteiger partial charge in [-0.2, -0.15) is 0 Å². The summed E-state index contributed by atoms with van der Waals surface area (Å²) in [6, 6.07) is 11.1. The fourth-order valence-electron chi connectivity index (χ4n) is 2.69. The van der Waals surface area contributed by atoms with Crippen molar-refractivity contribution in [3.8, 4) is 0 Å². The zero-order chi connectivity index (χ0) is 19.6. The largest absolute Gasteiger partial charge is 0.461 e. The predicted molar refractivity (Wildman–Crippen MR) is 97.0 cm³/mol. The van der Waals surface area contributed by atoms with Crippen LogP contribution in [-0.4, -0.2) is 34.2 Å². The van der Waals surface area contributed by atoms with Gasteiger partial charge in [0.15, 0.2) is 0 Å². The minimum atomic E-state index is -0.775. The molecule has 9 heteroatoms. The van der Waals surface area contributed by atoms with Gasteiger partial charge in [0.05, 0.1) is 16.9 Å². The van der Waals surface area contributed by atoms with Crippen molar-refractivity contribution < 1.29 is 24.0 Å². The highest BCUT2D eigenvalue weighted by Crippen LogP contribution is 2.30. The first-order valence-corrected chi connectivity index (χ1v) is 8.71. The molecule has 1 aliphatic rings. The summed E-state index contributed by atoms with van der Waals surface area (Å²) in [7, 11) is 0. The van der Waals surface area contributed by atoms with Crippen molar-refractivity contribution >= 4 is 39.4 Å². The van der Waals surface area contributed by atoms with Crippen molar-refractivity contribution in [2.24, 2.45) is 0 Å². The first-order chi connectivity index (χ1) is 12.9. The van der Waals surface area contributed by atoms with Crippen LogP contribution in [0.15, 0.2) is 46.9 Å². The van der Waals surface area contributed by atoms with Crippen LogP contribution < -0.4 is 0 Å². The molecule has 2 amide bonds. The van der Waals surface area contributed by atoms with Crippen LogP contribution in [0.4, 0.5) is 5.69 Å². The van der Waals surface area contributed by atoms with E-state index in [9.17, 15) is 24.5 Å². The number of carbonyl (C=O) groups is 3. The number of esters is 1. The number of nitro benzene ring substituents is 1. The second kappa shape index (κ2) is 7.67. The molecular weight excluding hydrogens is 420 g/mol. The van der Waals surface area contributed by atoms with Crippen LogP contribution in [0, 0.1) is 10.1 Å². The fourth-order valence-corrected chi connectivity index (χ4v) is 2.95. The summed E-state index contributed by atoms with van der Waals surface area (Å²) in [5, 5.41) is 11.1. The number of imide groups is 1. The normalized spacial score (nSPS) is 12.9. The van der Waals surface area contributed by atoms with Crippen LogP contribution in [0.1, 0.15) is 32.7 Å². The highest BCUT2D eigenvalue weighted by Gasteiger charge is 2.40. The molecule has 0 saturated carbocycles. The monoisotopic (exact) mass is 432 g/mol. The summed E-state index contributed by atoms with van der Waals surface area (Å²) in [4.78, 5) is 47.8. The van der Waals surface area contributed by atoms with E-state index in [-0.39, 0.29) is 30.7 Å². The maximum atomic E-state index is 12.4. The Morgan fingerprint density at radius 1 is 1.11 bits per heavy atom. The number of carbonyl (C=O) groups excluding carboxylic acids is 3. The van der Waals surface area contributed by atoms with Crippen molar-refractivity contribution in [2.75, 3.05) is 6.54 Å². The van der Waals surface area contributed by atoms with E-state index in [0.717, 1.165) is 14.9 Å². The minimum absolute atomic E-state index is 0.0302. The molecule has 1 aliphatic heterocycles. The second-order valence-electron chi connectivity index (χ2n) is 5.76. The van der Waals surface area contributed by atoms with Gasteiger partial charge >= 0.3 is 5.97 Å². The van der Waals surface area contributed by atoms with Crippen LogP contribution in [0.3, 0.4) is 0 Å². The highest BCUT2D eigenvalue weighted by molar-refractivity contribution is 9.10. The Kier molecular flexibility index (Phi) is 5.31. The smallest absolute Gasteiger partial charge is 0.307 e. The van der Waals surface area contributed by atoms with Crippen LogP contribution in [0.25, 0.3) is 0 Å². The number of nitro groups is 1. The molecule has 0 atom stereocenters. The van der Waals surface area contributed by atoms with Crippen molar-refractivity contribution in [3.63, 3.8) is 0 Å². The molecule has 0 saturated heterocycles. The molecule has 27 heavy (non-hydrogen) atoms. The van der Waals surface area contributed by atoms with E-state index in [1.165, 1.54) is 18.2 Å². The van der Waals surface area contributed by atoms with Gasteiger partial charge in [-0.1, -0.05) is 34.1 Å². The van der Waals surface area contributed by atoms with E-state index in [1.807, 2.05) is 12.1 Å². The second-order valence-corrected chi connectivity index (χ2v) is 6.67. The average Bonchev–Trinajstić information content (AvgIpc) is 2.90. The molecule has 3 rings (SSSR count). The van der Waals surface area contributed by atoms with Crippen molar-refractivity contribution in [2.45, 2.75) is 13.0 Å². The summed E-state index contributed by atoms with van der Waals surface area (Å²) < 4.78 is 6.03. The molecule has 2 aromatic carbocycles. The van der Waals surface area contributed by atoms with E-state index in [4.69, 9.17) is 4.74 Å². The number of halogens is 1. The Labute approximate surface area is 162 Å². The van der Waals surface area contributed by atoms with Gasteiger partial charge in [0.2, 0.25) is 0 Å². The quantitative estimate of drug-likeness (QED) is 0.300. The summed E-state index contributed by atoms with van der Waals surface area (Å²) in [6.07, 6.45) is -0.199. The minimum Gasteiger partial charge on any atom is -0.461 e. The van der Waals surface area contributed by atoms with Crippen LogP contribution in [0.5, 0.6) is 0 Å². The van der Waals surface area contributed by atoms with Gasteiger partial charge in [0.1, 0.15) is 12.2 Å². The van der Waals surface area contributed by atoms with Crippen molar-refractivity contribution in [1.82, 2.24) is 4.90 Å². The molecule has 1 heterocycles. The lowest BCUT2D eigenvalue weighted by Crippen LogP contribution is -2.32. The van der Waals surface area contributed by atoms with Gasteiger partial charge in [-0.05, 0) is 23.8 Å². The van der Waals surface area contributed by atoms with Gasteiger partial charge in [0, 0.05) is 17.1 Å². The van der Waals surface area contributed by atoms with Gasteiger partial charge in [-0.3, -0.25) is 29.4 Å². The summed E-state index contributed by atoms with van der Waals surface area (Å²) in [5.74, 6) is -2.01. The Bertz CT molecular complexity index is 941. The predicted octanol–water partition coefficient (Wildman–Crippen LogP) is 3.09. The fraction of sp³-hybridized carbons (Fsp3) is 0.167. The van der Waals surface area contributed by atoms with Crippen molar-refractivity contribution in [3.05, 3.63) is 73.7 Å². The summed E-state index contributed by atoms with van der Waals surface area (Å²) in [6.45, 7) is -0.137. The topological polar surface area (TPSA) is 107 Å². The lowest BCUT2D eigenvalue weighted by molar-refractivity contribution is -0.385. The zero-order valence-corrected chi connectivity index (χ0v) is 15.5. The number of rotatable bonds is 6. The van der Waals surface area contributed by atoms with E-state index in [0.29, 0.717) is 0 Å². The lowest BCUT2D eigenvalue weighted by Gasteiger charge is -2.13.